The van der Waals surface area contributed by atoms with Crippen molar-refractivity contribution in [3.63, 3.8) is 0 Å². The number of aliphatic carboxylic acids is 1. The first kappa shape index (κ1) is 28.5. The number of fused-ring (bicyclic) bond motifs is 1. The van der Waals surface area contributed by atoms with Gasteiger partial charge in [-0.3, -0.25) is 9.88 Å². The predicted octanol–water partition coefficient (Wildman–Crippen LogP) is 5.88. The second kappa shape index (κ2) is 11.6. The number of rotatable bonds is 9. The molecule has 5 heterocycles. The highest BCUT2D eigenvalue weighted by Crippen LogP contribution is 2.49. The number of imidazole rings is 1. The molecule has 0 radical (unpaired) electrons. The number of ether oxygens (including phenoxy) is 3. The van der Waals surface area contributed by atoms with E-state index in [1.54, 1.807) is 31.3 Å². The molecule has 0 bridgehead atoms. The SMILES string of the molecule is C=Cc1nc(CN2CCC(c3cccc4c3O[C@@](C)(c3ccc(Cl)cn3)O4)CC2)n(C[C@@H]2CCO2)c1/C=C(\C)C(=O)O. The van der Waals surface area contributed by atoms with Crippen molar-refractivity contribution in [1.82, 2.24) is 19.4 Å². The van der Waals surface area contributed by atoms with Gasteiger partial charge in [-0.1, -0.05) is 30.3 Å². The van der Waals surface area contributed by atoms with Gasteiger partial charge >= 0.3 is 5.97 Å². The summed E-state index contributed by atoms with van der Waals surface area (Å²) in [5.41, 5.74) is 3.53. The summed E-state index contributed by atoms with van der Waals surface area (Å²) in [6.45, 7) is 11.2. The molecule has 2 aromatic heterocycles. The molecule has 0 unspecified atom stereocenters. The first-order chi connectivity index (χ1) is 20.2. The Kier molecular flexibility index (Phi) is 7.83. The van der Waals surface area contributed by atoms with Crippen molar-refractivity contribution in [2.45, 2.75) is 64.0 Å². The second-order valence-corrected chi connectivity index (χ2v) is 11.7. The van der Waals surface area contributed by atoms with Gasteiger partial charge in [0, 0.05) is 30.9 Å². The van der Waals surface area contributed by atoms with Gasteiger partial charge in [0.15, 0.2) is 11.5 Å². The molecule has 2 atom stereocenters. The molecule has 9 nitrogen and oxygen atoms in total. The van der Waals surface area contributed by atoms with E-state index < -0.39 is 11.8 Å². The molecule has 3 aromatic rings. The van der Waals surface area contributed by atoms with Gasteiger partial charge in [0.1, 0.15) is 11.5 Å². The van der Waals surface area contributed by atoms with Crippen LogP contribution in [0.4, 0.5) is 0 Å². The average Bonchev–Trinajstić information content (AvgIpc) is 3.48. The van der Waals surface area contributed by atoms with Gasteiger partial charge in [0.25, 0.3) is 5.79 Å². The minimum atomic E-state index is -1.01. The molecule has 6 rings (SSSR count). The van der Waals surface area contributed by atoms with Crippen molar-refractivity contribution in [2.75, 3.05) is 19.7 Å². The summed E-state index contributed by atoms with van der Waals surface area (Å²) in [6.07, 6.45) is 7.99. The summed E-state index contributed by atoms with van der Waals surface area (Å²) < 4.78 is 20.5. The third-order valence-corrected chi connectivity index (χ3v) is 8.60. The standard InChI is InChI=1S/C32H35ClN4O5/c1-4-25-26(16-20(2)31(38)39)37(18-23-12-15-40-23)29(35-25)19-36-13-10-21(11-14-36)24-6-5-7-27-30(24)42-32(3,41-27)28-9-8-22(33)17-34-28/h4-9,16-17,21,23H,1,10-15,18-19H2,2-3H3,(H,38,39)/b20-16+/t23-,32-/m0/s1. The fourth-order valence-corrected chi connectivity index (χ4v) is 5.99. The molecule has 1 N–H and O–H groups in total. The maximum Gasteiger partial charge on any atom is 0.331 e. The highest BCUT2D eigenvalue weighted by Gasteiger charge is 2.42. The Hall–Kier alpha value is -3.66. The van der Waals surface area contributed by atoms with E-state index in [4.69, 9.17) is 30.8 Å². The summed E-state index contributed by atoms with van der Waals surface area (Å²) in [6, 6.07) is 9.71. The van der Waals surface area contributed by atoms with Gasteiger partial charge in [-0.15, -0.1) is 0 Å². The van der Waals surface area contributed by atoms with Crippen LogP contribution in [0.5, 0.6) is 11.5 Å². The molecule has 3 aliphatic rings. The molecule has 0 saturated carbocycles. The van der Waals surface area contributed by atoms with Crippen LogP contribution in [-0.2, 0) is 28.4 Å². The van der Waals surface area contributed by atoms with Crippen LogP contribution in [0.2, 0.25) is 5.02 Å². The van der Waals surface area contributed by atoms with Crippen LogP contribution in [0.15, 0.2) is 48.7 Å². The molecular weight excluding hydrogens is 556 g/mol. The number of nitrogens with zero attached hydrogens (tertiary/aromatic N) is 4. The largest absolute Gasteiger partial charge is 0.478 e. The molecular formula is C32H35ClN4O5. The number of benzene rings is 1. The van der Waals surface area contributed by atoms with Crippen molar-refractivity contribution >= 4 is 29.7 Å². The molecule has 10 heteroatoms. The van der Waals surface area contributed by atoms with Crippen LogP contribution in [0.3, 0.4) is 0 Å². The fraction of sp³-hybridized carbons (Fsp3) is 0.406. The van der Waals surface area contributed by atoms with Crippen molar-refractivity contribution in [3.05, 3.63) is 82.2 Å². The molecule has 1 aromatic carbocycles. The zero-order chi connectivity index (χ0) is 29.4. The summed E-state index contributed by atoms with van der Waals surface area (Å²) >= 11 is 6.04. The monoisotopic (exact) mass is 590 g/mol. The maximum absolute atomic E-state index is 11.6. The summed E-state index contributed by atoms with van der Waals surface area (Å²) in [5, 5.41) is 10.1. The van der Waals surface area contributed by atoms with E-state index in [9.17, 15) is 9.90 Å². The van der Waals surface area contributed by atoms with Crippen LogP contribution in [0, 0.1) is 0 Å². The fourth-order valence-electron chi connectivity index (χ4n) is 5.88. The van der Waals surface area contributed by atoms with Crippen LogP contribution in [-0.4, -0.2) is 56.3 Å². The lowest BCUT2D eigenvalue weighted by Crippen LogP contribution is -2.35. The molecule has 0 spiro atoms. The number of hydrogen-bond acceptors (Lipinski definition) is 7. The minimum Gasteiger partial charge on any atom is -0.478 e. The van der Waals surface area contributed by atoms with E-state index in [0.717, 1.165) is 67.5 Å². The third kappa shape index (κ3) is 5.56. The molecule has 2 saturated heterocycles. The summed E-state index contributed by atoms with van der Waals surface area (Å²) in [5.74, 6) is 0.762. The number of likely N-dealkylation sites (tertiary alicyclic amines) is 1. The Morgan fingerprint density at radius 1 is 1.21 bits per heavy atom. The highest BCUT2D eigenvalue weighted by atomic mass is 35.5. The average molecular weight is 591 g/mol. The number of carboxylic acid groups (broad SMARTS) is 1. The number of carboxylic acids is 1. The quantitative estimate of drug-likeness (QED) is 0.309. The molecule has 2 fully saturated rings. The van der Waals surface area contributed by atoms with E-state index in [0.29, 0.717) is 35.4 Å². The zero-order valence-corrected chi connectivity index (χ0v) is 24.6. The number of halogens is 1. The lowest BCUT2D eigenvalue weighted by Gasteiger charge is -2.33. The van der Waals surface area contributed by atoms with E-state index in [-0.39, 0.29) is 11.7 Å². The van der Waals surface area contributed by atoms with Gasteiger partial charge in [0.2, 0.25) is 0 Å². The molecule has 42 heavy (non-hydrogen) atoms. The van der Waals surface area contributed by atoms with Crippen LogP contribution >= 0.6 is 11.6 Å². The normalized spacial score (nSPS) is 22.6. The first-order valence-electron chi connectivity index (χ1n) is 14.3. The lowest BCUT2D eigenvalue weighted by atomic mass is 9.88. The Balaban J connectivity index is 1.18. The van der Waals surface area contributed by atoms with Crippen molar-refractivity contribution in [1.29, 1.82) is 0 Å². The Labute approximate surface area is 250 Å². The molecule has 3 aliphatic heterocycles. The third-order valence-electron chi connectivity index (χ3n) is 8.37. The first-order valence-corrected chi connectivity index (χ1v) is 14.7. The van der Waals surface area contributed by atoms with Gasteiger partial charge in [-0.25, -0.2) is 9.78 Å². The van der Waals surface area contributed by atoms with Crippen molar-refractivity contribution in [3.8, 4) is 11.5 Å². The molecule has 0 aliphatic carbocycles. The zero-order valence-electron chi connectivity index (χ0n) is 23.9. The number of para-hydroxylation sites is 1. The summed E-state index contributed by atoms with van der Waals surface area (Å²) in [7, 11) is 0. The Morgan fingerprint density at radius 2 is 2.00 bits per heavy atom. The van der Waals surface area contributed by atoms with E-state index in [1.807, 2.05) is 25.1 Å². The summed E-state index contributed by atoms with van der Waals surface area (Å²) in [4.78, 5) is 23.3. The van der Waals surface area contributed by atoms with Gasteiger partial charge in [-0.2, -0.15) is 0 Å². The Morgan fingerprint density at radius 3 is 2.64 bits per heavy atom. The number of aromatic nitrogens is 3. The maximum atomic E-state index is 11.6. The van der Waals surface area contributed by atoms with Crippen LogP contribution in [0.1, 0.15) is 67.5 Å². The van der Waals surface area contributed by atoms with E-state index in [2.05, 4.69) is 27.1 Å². The smallest absolute Gasteiger partial charge is 0.331 e. The highest BCUT2D eigenvalue weighted by molar-refractivity contribution is 6.30. The van der Waals surface area contributed by atoms with Gasteiger partial charge in [-0.05, 0) is 75.5 Å². The number of pyridine rings is 1. The minimum absolute atomic E-state index is 0.106. The van der Waals surface area contributed by atoms with Crippen LogP contribution < -0.4 is 9.47 Å². The molecule has 220 valence electrons. The predicted molar refractivity (Wildman–Crippen MR) is 160 cm³/mol. The van der Waals surface area contributed by atoms with Gasteiger partial charge < -0.3 is 23.9 Å². The lowest BCUT2D eigenvalue weighted by molar-refractivity contribution is -0.132. The molecule has 0 amide bonds. The van der Waals surface area contributed by atoms with E-state index in [1.165, 1.54) is 0 Å². The van der Waals surface area contributed by atoms with Crippen molar-refractivity contribution < 1.29 is 24.1 Å². The second-order valence-electron chi connectivity index (χ2n) is 11.3. The number of hydrogen-bond donors (Lipinski definition) is 1. The Bertz CT molecular complexity index is 1520. The topological polar surface area (TPSA) is 98.9 Å². The van der Waals surface area contributed by atoms with Crippen molar-refractivity contribution in [2.24, 2.45) is 0 Å². The van der Waals surface area contributed by atoms with Gasteiger partial charge in [0.05, 0.1) is 35.6 Å². The van der Waals surface area contributed by atoms with E-state index >= 15 is 0 Å². The number of carbonyl (C=O) groups is 1. The van der Waals surface area contributed by atoms with Crippen LogP contribution in [0.25, 0.3) is 12.2 Å². The number of piperidine rings is 1.